The van der Waals surface area contributed by atoms with Gasteiger partial charge in [-0.25, -0.2) is 0 Å². The summed E-state index contributed by atoms with van der Waals surface area (Å²) in [5.41, 5.74) is 7.06. The van der Waals surface area contributed by atoms with E-state index in [1.165, 1.54) is 6.07 Å². The Labute approximate surface area is 91.3 Å². The topological polar surface area (TPSA) is 72.3 Å². The summed E-state index contributed by atoms with van der Waals surface area (Å²) in [5, 5.41) is 14.0. The lowest BCUT2D eigenvalue weighted by Crippen LogP contribution is -1.83. The summed E-state index contributed by atoms with van der Waals surface area (Å²) in [5.74, 6) is 0.328. The van der Waals surface area contributed by atoms with Crippen molar-refractivity contribution in [2.75, 3.05) is 5.73 Å². The lowest BCUT2D eigenvalue weighted by molar-refractivity contribution is 0.437. The Morgan fingerprint density at radius 1 is 1.40 bits per heavy atom. The van der Waals surface area contributed by atoms with E-state index in [2.05, 4.69) is 5.16 Å². The number of anilines is 1. The third kappa shape index (κ3) is 1.76. The smallest absolute Gasteiger partial charge is 0.222 e. The first-order valence-corrected chi connectivity index (χ1v) is 4.67. The van der Waals surface area contributed by atoms with Crippen LogP contribution in [0.4, 0.5) is 5.88 Å². The van der Waals surface area contributed by atoms with E-state index in [0.717, 1.165) is 0 Å². The average Bonchev–Trinajstić information content (AvgIpc) is 2.58. The molecular weight excluding hydrogens is 216 g/mol. The van der Waals surface area contributed by atoms with Crippen LogP contribution in [-0.2, 0) is 0 Å². The van der Waals surface area contributed by atoms with E-state index in [1.54, 1.807) is 19.1 Å². The zero-order chi connectivity index (χ0) is 11.0. The van der Waals surface area contributed by atoms with Gasteiger partial charge in [-0.2, -0.15) is 0 Å². The quantitative estimate of drug-likeness (QED) is 0.781. The number of hydrogen-bond acceptors (Lipinski definition) is 4. The van der Waals surface area contributed by atoms with E-state index in [0.29, 0.717) is 21.8 Å². The number of aryl methyl sites for hydroxylation is 1. The second-order valence-electron chi connectivity index (χ2n) is 3.23. The van der Waals surface area contributed by atoms with Crippen LogP contribution in [0.25, 0.3) is 11.3 Å². The van der Waals surface area contributed by atoms with Gasteiger partial charge in [0.25, 0.3) is 0 Å². The summed E-state index contributed by atoms with van der Waals surface area (Å²) >= 11 is 5.88. The van der Waals surface area contributed by atoms with Gasteiger partial charge in [-0.15, -0.1) is 0 Å². The Hall–Kier alpha value is -1.68. The molecule has 0 fully saturated rings. The summed E-state index contributed by atoms with van der Waals surface area (Å²) in [4.78, 5) is 0. The lowest BCUT2D eigenvalue weighted by Gasteiger charge is -2.04. The highest BCUT2D eigenvalue weighted by atomic mass is 35.5. The molecule has 0 aliphatic rings. The maximum atomic E-state index is 9.80. The number of hydrogen-bond donors (Lipinski definition) is 2. The normalized spacial score (nSPS) is 10.5. The Balaban J connectivity index is 2.62. The molecule has 3 N–H and O–H groups in total. The number of halogens is 1. The number of phenolic OH excluding ortho intramolecular Hbond substituents is 1. The van der Waals surface area contributed by atoms with Crippen LogP contribution in [0, 0.1) is 6.92 Å². The molecule has 1 heterocycles. The predicted molar refractivity (Wildman–Crippen MR) is 57.8 cm³/mol. The van der Waals surface area contributed by atoms with Gasteiger partial charge < -0.3 is 15.4 Å². The van der Waals surface area contributed by atoms with Crippen molar-refractivity contribution in [3.05, 3.63) is 28.8 Å². The summed E-state index contributed by atoms with van der Waals surface area (Å²) in [6.45, 7) is 1.76. The zero-order valence-corrected chi connectivity index (χ0v) is 8.75. The molecule has 0 aliphatic carbocycles. The van der Waals surface area contributed by atoms with E-state index in [4.69, 9.17) is 21.9 Å². The molecule has 4 nitrogen and oxygen atoms in total. The molecule has 0 unspecified atom stereocenters. The molecular formula is C10H9ClN2O2. The molecule has 1 aromatic heterocycles. The predicted octanol–water partition coefficient (Wildman–Crippen LogP) is 2.59. The molecule has 0 saturated heterocycles. The van der Waals surface area contributed by atoms with Gasteiger partial charge >= 0.3 is 0 Å². The molecule has 0 radical (unpaired) electrons. The van der Waals surface area contributed by atoms with Crippen LogP contribution in [0.5, 0.6) is 5.75 Å². The summed E-state index contributed by atoms with van der Waals surface area (Å²) in [7, 11) is 0. The Bertz CT molecular complexity index is 508. The van der Waals surface area contributed by atoms with Crippen molar-refractivity contribution in [1.29, 1.82) is 0 Å². The molecule has 2 aromatic rings. The highest BCUT2D eigenvalue weighted by molar-refractivity contribution is 6.31. The Morgan fingerprint density at radius 2 is 2.13 bits per heavy atom. The van der Waals surface area contributed by atoms with E-state index in [9.17, 15) is 5.11 Å². The number of benzene rings is 1. The van der Waals surface area contributed by atoms with E-state index < -0.39 is 0 Å². The largest absolute Gasteiger partial charge is 0.507 e. The zero-order valence-electron chi connectivity index (χ0n) is 7.99. The van der Waals surface area contributed by atoms with Crippen LogP contribution in [0.1, 0.15) is 5.56 Å². The van der Waals surface area contributed by atoms with Gasteiger partial charge in [0.1, 0.15) is 11.4 Å². The number of nitrogen functional groups attached to an aromatic ring is 1. The molecule has 0 spiro atoms. The van der Waals surface area contributed by atoms with Crippen LogP contribution in [0.15, 0.2) is 22.7 Å². The van der Waals surface area contributed by atoms with Crippen molar-refractivity contribution in [2.45, 2.75) is 6.92 Å². The maximum absolute atomic E-state index is 9.80. The maximum Gasteiger partial charge on any atom is 0.222 e. The number of aromatic nitrogens is 1. The molecule has 0 atom stereocenters. The lowest BCUT2D eigenvalue weighted by atomic mass is 10.1. The van der Waals surface area contributed by atoms with Gasteiger partial charge in [0.2, 0.25) is 5.88 Å². The van der Waals surface area contributed by atoms with Gasteiger partial charge in [-0.05, 0) is 24.6 Å². The van der Waals surface area contributed by atoms with Crippen molar-refractivity contribution in [3.8, 4) is 17.0 Å². The average molecular weight is 225 g/mol. The van der Waals surface area contributed by atoms with Crippen LogP contribution in [-0.4, -0.2) is 10.3 Å². The highest BCUT2D eigenvalue weighted by Crippen LogP contribution is 2.34. The molecule has 1 aromatic carbocycles. The third-order valence-electron chi connectivity index (χ3n) is 2.07. The van der Waals surface area contributed by atoms with Gasteiger partial charge in [0, 0.05) is 16.7 Å². The Morgan fingerprint density at radius 3 is 2.73 bits per heavy atom. The minimum absolute atomic E-state index is 0.132. The number of nitrogens with zero attached hydrogens (tertiary/aromatic N) is 1. The SMILES string of the molecule is Cc1cc(Cl)cc(-c2cc(N)on2)c1O. The minimum Gasteiger partial charge on any atom is -0.507 e. The van der Waals surface area contributed by atoms with E-state index >= 15 is 0 Å². The van der Waals surface area contributed by atoms with Crippen LogP contribution in [0.3, 0.4) is 0 Å². The van der Waals surface area contributed by atoms with Gasteiger partial charge in [-0.3, -0.25) is 0 Å². The van der Waals surface area contributed by atoms with Gasteiger partial charge in [-0.1, -0.05) is 16.8 Å². The fourth-order valence-electron chi connectivity index (χ4n) is 1.35. The fourth-order valence-corrected chi connectivity index (χ4v) is 1.62. The standard InChI is InChI=1S/C10H9ClN2O2/c1-5-2-6(11)3-7(10(5)14)8-4-9(12)15-13-8/h2-4,14H,12H2,1H3. The van der Waals surface area contributed by atoms with Crippen LogP contribution < -0.4 is 5.73 Å². The molecule has 5 heteroatoms. The first-order chi connectivity index (χ1) is 7.08. The van der Waals surface area contributed by atoms with E-state index in [1.807, 2.05) is 0 Å². The van der Waals surface area contributed by atoms with Crippen molar-refractivity contribution < 1.29 is 9.63 Å². The second-order valence-corrected chi connectivity index (χ2v) is 3.67. The van der Waals surface area contributed by atoms with Crippen LogP contribution >= 0.6 is 11.6 Å². The molecule has 0 saturated carbocycles. The molecule has 78 valence electrons. The molecule has 0 aliphatic heterocycles. The summed E-state index contributed by atoms with van der Waals surface area (Å²) in [6, 6.07) is 4.82. The number of nitrogens with two attached hydrogens (primary N) is 1. The number of rotatable bonds is 1. The number of aromatic hydroxyl groups is 1. The fraction of sp³-hybridized carbons (Fsp3) is 0.100. The van der Waals surface area contributed by atoms with Crippen LogP contribution in [0.2, 0.25) is 5.02 Å². The molecule has 0 bridgehead atoms. The summed E-state index contributed by atoms with van der Waals surface area (Å²) < 4.78 is 4.73. The van der Waals surface area contributed by atoms with Crippen molar-refractivity contribution >= 4 is 17.5 Å². The Kier molecular flexibility index (Phi) is 2.28. The van der Waals surface area contributed by atoms with Crippen molar-refractivity contribution in [3.63, 3.8) is 0 Å². The van der Waals surface area contributed by atoms with Crippen molar-refractivity contribution in [1.82, 2.24) is 5.16 Å². The highest BCUT2D eigenvalue weighted by Gasteiger charge is 2.12. The molecule has 0 amide bonds. The van der Waals surface area contributed by atoms with Crippen molar-refractivity contribution in [2.24, 2.45) is 0 Å². The monoisotopic (exact) mass is 224 g/mol. The first-order valence-electron chi connectivity index (χ1n) is 4.29. The molecule has 2 rings (SSSR count). The minimum atomic E-state index is 0.132. The first kappa shape index (κ1) is 9.86. The van der Waals surface area contributed by atoms with Gasteiger partial charge in [0.05, 0.1) is 0 Å². The summed E-state index contributed by atoms with van der Waals surface area (Å²) in [6.07, 6.45) is 0. The second kappa shape index (κ2) is 3.47. The number of phenols is 1. The molecule has 15 heavy (non-hydrogen) atoms. The third-order valence-corrected chi connectivity index (χ3v) is 2.29. The van der Waals surface area contributed by atoms with E-state index in [-0.39, 0.29) is 11.6 Å². The van der Waals surface area contributed by atoms with Gasteiger partial charge in [0.15, 0.2) is 0 Å².